The highest BCUT2D eigenvalue weighted by Crippen LogP contribution is 2.44. The average molecular weight is 548 g/mol. The number of benzene rings is 2. The fourth-order valence-corrected chi connectivity index (χ4v) is 7.28. The average Bonchev–Trinajstić information content (AvgIpc) is 3.51. The van der Waals surface area contributed by atoms with E-state index < -0.39 is 0 Å². The number of nitrogens with zero attached hydrogens (tertiary/aromatic N) is 2. The number of thiophene rings is 1. The first-order chi connectivity index (χ1) is 18.5. The second-order valence-corrected chi connectivity index (χ2v) is 11.3. The van der Waals surface area contributed by atoms with Gasteiger partial charge in [-0.05, 0) is 61.9 Å². The number of rotatable bonds is 4. The van der Waals surface area contributed by atoms with E-state index in [2.05, 4.69) is 59.4 Å². The normalized spacial score (nSPS) is 16.2. The summed E-state index contributed by atoms with van der Waals surface area (Å²) in [5.74, 6) is 0.972. The molecule has 1 aliphatic carbocycles. The molecule has 6 rings (SSSR count). The van der Waals surface area contributed by atoms with Gasteiger partial charge in [-0.1, -0.05) is 41.4 Å². The molecule has 3 heterocycles. The van der Waals surface area contributed by atoms with E-state index in [9.17, 15) is 4.79 Å². The van der Waals surface area contributed by atoms with E-state index in [0.717, 1.165) is 24.1 Å². The molecule has 2 amide bonds. The van der Waals surface area contributed by atoms with Crippen LogP contribution in [0.25, 0.3) is 5.00 Å². The maximum absolute atomic E-state index is 14.2. The highest BCUT2D eigenvalue weighted by Gasteiger charge is 2.36. The lowest BCUT2D eigenvalue weighted by Gasteiger charge is -2.31. The summed E-state index contributed by atoms with van der Waals surface area (Å²) in [4.78, 5) is 17.6. The predicted octanol–water partition coefficient (Wildman–Crippen LogP) is 7.53. The molecule has 1 aliphatic heterocycles. The van der Waals surface area contributed by atoms with Crippen molar-refractivity contribution in [1.82, 2.24) is 9.47 Å². The number of ether oxygens (including phenoxy) is 2. The Morgan fingerprint density at radius 3 is 2.55 bits per heavy atom. The number of halogens is 1. The molecule has 1 atom stereocenters. The Balaban J connectivity index is 1.48. The van der Waals surface area contributed by atoms with Crippen molar-refractivity contribution in [3.8, 4) is 16.5 Å². The van der Waals surface area contributed by atoms with Crippen LogP contribution >= 0.6 is 22.9 Å². The molecule has 2 aromatic carbocycles. The number of hydrogen-bond donors (Lipinski definition) is 1. The molecule has 0 bridgehead atoms. The maximum atomic E-state index is 14.2. The van der Waals surface area contributed by atoms with E-state index in [-0.39, 0.29) is 12.1 Å². The highest BCUT2D eigenvalue weighted by atomic mass is 35.5. The standard InChI is InChI=1S/C30H30ClN3O3S/c1-18-10-12-19(13-11-18)28-24-8-6-14-33(24)29-21(20-7-4-5-9-27(20)38-29)17-34(28)30(35)32-23-15-22(31)25(36-2)16-26(23)37-3/h6,8,10-16,28H,4-5,7,9,17H2,1-3H3,(H,32,35)/t28-/m1/s1. The van der Waals surface area contributed by atoms with Crippen molar-refractivity contribution in [3.05, 3.63) is 92.6 Å². The molecule has 2 aliphatic rings. The summed E-state index contributed by atoms with van der Waals surface area (Å²) in [6.45, 7) is 2.59. The van der Waals surface area contributed by atoms with Crippen LogP contribution in [0.4, 0.5) is 10.5 Å². The van der Waals surface area contributed by atoms with Gasteiger partial charge in [0.1, 0.15) is 16.5 Å². The van der Waals surface area contributed by atoms with Crippen LogP contribution in [0.5, 0.6) is 11.5 Å². The molecular weight excluding hydrogens is 518 g/mol. The Morgan fingerprint density at radius 1 is 1.03 bits per heavy atom. The summed E-state index contributed by atoms with van der Waals surface area (Å²) in [5, 5.41) is 4.74. The molecule has 0 spiro atoms. The molecular formula is C30H30ClN3O3S. The van der Waals surface area contributed by atoms with Crippen molar-refractivity contribution in [2.75, 3.05) is 19.5 Å². The monoisotopic (exact) mass is 547 g/mol. The van der Waals surface area contributed by atoms with Crippen LogP contribution in [-0.4, -0.2) is 29.7 Å². The van der Waals surface area contributed by atoms with Crippen LogP contribution in [0, 0.1) is 6.92 Å². The van der Waals surface area contributed by atoms with Crippen molar-refractivity contribution in [1.29, 1.82) is 0 Å². The minimum absolute atomic E-state index is 0.216. The zero-order valence-corrected chi connectivity index (χ0v) is 23.3. The number of aromatic nitrogens is 1. The Bertz CT molecular complexity index is 1510. The maximum Gasteiger partial charge on any atom is 0.323 e. The third kappa shape index (κ3) is 4.24. The summed E-state index contributed by atoms with van der Waals surface area (Å²) < 4.78 is 13.2. The topological polar surface area (TPSA) is 55.7 Å². The van der Waals surface area contributed by atoms with E-state index in [4.69, 9.17) is 21.1 Å². The summed E-state index contributed by atoms with van der Waals surface area (Å²) in [6, 6.07) is 15.5. The molecule has 0 radical (unpaired) electrons. The molecule has 6 nitrogen and oxygen atoms in total. The molecule has 0 saturated carbocycles. The van der Waals surface area contributed by atoms with Gasteiger partial charge in [0.15, 0.2) is 0 Å². The third-order valence-electron chi connectivity index (χ3n) is 7.55. The first-order valence-electron chi connectivity index (χ1n) is 12.8. The van der Waals surface area contributed by atoms with Crippen LogP contribution < -0.4 is 14.8 Å². The lowest BCUT2D eigenvalue weighted by atomic mass is 9.95. The summed E-state index contributed by atoms with van der Waals surface area (Å²) >= 11 is 8.31. The van der Waals surface area contributed by atoms with Crippen molar-refractivity contribution in [2.24, 2.45) is 0 Å². The van der Waals surface area contributed by atoms with Gasteiger partial charge in [-0.25, -0.2) is 4.79 Å². The van der Waals surface area contributed by atoms with Crippen molar-refractivity contribution >= 4 is 34.7 Å². The van der Waals surface area contributed by atoms with Crippen LogP contribution in [0.2, 0.25) is 5.02 Å². The highest BCUT2D eigenvalue weighted by molar-refractivity contribution is 7.15. The second-order valence-electron chi connectivity index (χ2n) is 9.86. The number of aryl methyl sites for hydroxylation is 2. The number of fused-ring (bicyclic) bond motifs is 5. The van der Waals surface area contributed by atoms with Gasteiger partial charge in [0, 0.05) is 22.7 Å². The predicted molar refractivity (Wildman–Crippen MR) is 152 cm³/mol. The summed E-state index contributed by atoms with van der Waals surface area (Å²) in [5.41, 5.74) is 6.49. The molecule has 0 fully saturated rings. The second kappa shape index (κ2) is 10.0. The number of nitrogens with one attached hydrogen (secondary N) is 1. The molecule has 4 aromatic rings. The summed E-state index contributed by atoms with van der Waals surface area (Å²) in [7, 11) is 3.12. The molecule has 196 valence electrons. The number of amides is 2. The number of hydrogen-bond acceptors (Lipinski definition) is 4. The zero-order valence-electron chi connectivity index (χ0n) is 21.7. The van der Waals surface area contributed by atoms with Crippen LogP contribution in [0.15, 0.2) is 54.7 Å². The van der Waals surface area contributed by atoms with E-state index in [1.54, 1.807) is 26.4 Å². The quantitative estimate of drug-likeness (QED) is 0.287. The minimum atomic E-state index is -0.274. The number of methoxy groups -OCH3 is 2. The number of carbonyl (C=O) groups excluding carboxylic acids is 1. The third-order valence-corrected chi connectivity index (χ3v) is 9.18. The molecule has 2 aromatic heterocycles. The zero-order chi connectivity index (χ0) is 26.4. The number of carbonyl (C=O) groups is 1. The Labute approximate surface area is 231 Å². The van der Waals surface area contributed by atoms with Crippen LogP contribution in [-0.2, 0) is 19.4 Å². The lowest BCUT2D eigenvalue weighted by molar-refractivity contribution is 0.194. The van der Waals surface area contributed by atoms with Crippen molar-refractivity contribution in [3.63, 3.8) is 0 Å². The fraction of sp³-hybridized carbons (Fsp3) is 0.300. The molecule has 38 heavy (non-hydrogen) atoms. The Kier molecular flexibility index (Phi) is 6.58. The van der Waals surface area contributed by atoms with Gasteiger partial charge >= 0.3 is 6.03 Å². The fourth-order valence-electron chi connectivity index (χ4n) is 5.63. The molecule has 0 saturated heterocycles. The molecule has 0 unspecified atom stereocenters. The van der Waals surface area contributed by atoms with E-state index in [1.165, 1.54) is 39.4 Å². The van der Waals surface area contributed by atoms with Gasteiger partial charge in [0.05, 0.1) is 43.2 Å². The van der Waals surface area contributed by atoms with Crippen LogP contribution in [0.1, 0.15) is 51.7 Å². The number of urea groups is 1. The van der Waals surface area contributed by atoms with Gasteiger partial charge in [0.2, 0.25) is 0 Å². The van der Waals surface area contributed by atoms with E-state index in [1.807, 2.05) is 16.2 Å². The van der Waals surface area contributed by atoms with Crippen molar-refractivity contribution in [2.45, 2.75) is 45.2 Å². The first-order valence-corrected chi connectivity index (χ1v) is 14.0. The van der Waals surface area contributed by atoms with Gasteiger partial charge in [-0.2, -0.15) is 0 Å². The molecule has 1 N–H and O–H groups in total. The largest absolute Gasteiger partial charge is 0.495 e. The van der Waals surface area contributed by atoms with E-state index >= 15 is 0 Å². The number of anilines is 1. The minimum Gasteiger partial charge on any atom is -0.495 e. The Morgan fingerprint density at radius 2 is 1.79 bits per heavy atom. The smallest absolute Gasteiger partial charge is 0.323 e. The van der Waals surface area contributed by atoms with Gasteiger partial charge < -0.3 is 24.3 Å². The van der Waals surface area contributed by atoms with E-state index in [0.29, 0.717) is 28.8 Å². The van der Waals surface area contributed by atoms with Gasteiger partial charge in [-0.3, -0.25) is 0 Å². The van der Waals surface area contributed by atoms with Crippen molar-refractivity contribution < 1.29 is 14.3 Å². The van der Waals surface area contributed by atoms with Crippen LogP contribution in [0.3, 0.4) is 0 Å². The van der Waals surface area contributed by atoms with Gasteiger partial charge in [0.25, 0.3) is 0 Å². The summed E-state index contributed by atoms with van der Waals surface area (Å²) in [6.07, 6.45) is 6.71. The molecule has 8 heteroatoms. The first kappa shape index (κ1) is 24.9. The Hall–Kier alpha value is -3.42. The lowest BCUT2D eigenvalue weighted by Crippen LogP contribution is -2.38. The van der Waals surface area contributed by atoms with Gasteiger partial charge in [-0.15, -0.1) is 11.3 Å². The SMILES string of the molecule is COc1cc(OC)c(NC(=O)N2Cc3c(sc4c3CCCC4)-n3cccc3[C@H]2c2ccc(C)cc2)cc1Cl.